The summed E-state index contributed by atoms with van der Waals surface area (Å²) in [6, 6.07) is 8.50. The summed E-state index contributed by atoms with van der Waals surface area (Å²) in [5.74, 6) is -0.365. The highest BCUT2D eigenvalue weighted by Crippen LogP contribution is 2.26. The number of ether oxygens (including phenoxy) is 2. The lowest BCUT2D eigenvalue weighted by atomic mass is 10.0. The van der Waals surface area contributed by atoms with E-state index in [0.29, 0.717) is 0 Å². The van der Waals surface area contributed by atoms with Crippen LogP contribution >= 0.6 is 0 Å². The van der Waals surface area contributed by atoms with Gasteiger partial charge < -0.3 is 14.8 Å². The molecule has 29 heavy (non-hydrogen) atoms. The molecule has 1 aromatic rings. The molecule has 10 nitrogen and oxygen atoms in total. The maximum Gasteiger partial charge on any atom is 0.264 e. The second-order valence-corrected chi connectivity index (χ2v) is 9.95. The van der Waals surface area contributed by atoms with E-state index in [-0.39, 0.29) is 18.9 Å². The first-order valence-corrected chi connectivity index (χ1v) is 12.4. The molecule has 1 amide bonds. The standard InChI is InChI=1S/C17H25NO9S2/c1-12(19)18-14-9-15(27-29(3,22)23)16(11-25-28(2,20)21)26-17(14)24-10-13-7-5-4-6-8-13/h4-8,14-17H,9-11H2,1-3H3,(H,18,19). The Bertz CT molecular complexity index is 887. The molecule has 0 saturated carbocycles. The number of nitrogens with one attached hydrogen (secondary N) is 1. The quantitative estimate of drug-likeness (QED) is 0.520. The van der Waals surface area contributed by atoms with Gasteiger partial charge in [-0.15, -0.1) is 0 Å². The molecule has 164 valence electrons. The molecular formula is C17H25NO9S2. The van der Waals surface area contributed by atoms with Crippen molar-refractivity contribution in [3.63, 3.8) is 0 Å². The summed E-state index contributed by atoms with van der Waals surface area (Å²) < 4.78 is 67.3. The van der Waals surface area contributed by atoms with Crippen LogP contribution in [0.3, 0.4) is 0 Å². The van der Waals surface area contributed by atoms with Crippen molar-refractivity contribution in [2.75, 3.05) is 19.1 Å². The molecule has 4 unspecified atom stereocenters. The Morgan fingerprint density at radius 3 is 2.34 bits per heavy atom. The summed E-state index contributed by atoms with van der Waals surface area (Å²) in [5.41, 5.74) is 0.858. The number of carbonyl (C=O) groups excluding carboxylic acids is 1. The van der Waals surface area contributed by atoms with Gasteiger partial charge in [0, 0.05) is 13.3 Å². The Balaban J connectivity index is 2.18. The van der Waals surface area contributed by atoms with Gasteiger partial charge in [-0.1, -0.05) is 30.3 Å². The summed E-state index contributed by atoms with van der Waals surface area (Å²) in [7, 11) is -7.67. The van der Waals surface area contributed by atoms with Crippen molar-refractivity contribution in [2.45, 2.75) is 44.5 Å². The Labute approximate surface area is 170 Å². The third kappa shape index (κ3) is 8.76. The molecule has 0 spiro atoms. The Morgan fingerprint density at radius 1 is 1.14 bits per heavy atom. The largest absolute Gasteiger partial charge is 0.348 e. The highest BCUT2D eigenvalue weighted by Gasteiger charge is 2.42. The van der Waals surface area contributed by atoms with Crippen LogP contribution in [0.1, 0.15) is 18.9 Å². The van der Waals surface area contributed by atoms with Crippen LogP contribution in [-0.4, -0.2) is 66.4 Å². The zero-order chi connectivity index (χ0) is 21.7. The fourth-order valence-electron chi connectivity index (χ4n) is 2.83. The number of hydrogen-bond donors (Lipinski definition) is 1. The van der Waals surface area contributed by atoms with Gasteiger partial charge in [0.25, 0.3) is 20.2 Å². The molecule has 2 rings (SSSR count). The first kappa shape index (κ1) is 23.7. The monoisotopic (exact) mass is 451 g/mol. The molecule has 4 atom stereocenters. The average molecular weight is 452 g/mol. The van der Waals surface area contributed by atoms with E-state index in [1.807, 2.05) is 30.3 Å². The van der Waals surface area contributed by atoms with Crippen molar-refractivity contribution in [2.24, 2.45) is 0 Å². The van der Waals surface area contributed by atoms with E-state index < -0.39 is 51.4 Å². The predicted octanol–water partition coefficient (Wildman–Crippen LogP) is 0.144. The van der Waals surface area contributed by atoms with Crippen molar-refractivity contribution in [1.29, 1.82) is 0 Å². The molecular weight excluding hydrogens is 426 g/mol. The van der Waals surface area contributed by atoms with Gasteiger partial charge in [0.1, 0.15) is 12.2 Å². The second kappa shape index (κ2) is 9.96. The highest BCUT2D eigenvalue weighted by molar-refractivity contribution is 7.86. The molecule has 0 aliphatic carbocycles. The van der Waals surface area contributed by atoms with Crippen molar-refractivity contribution < 1.29 is 39.5 Å². The third-order valence-electron chi connectivity index (χ3n) is 3.93. The SMILES string of the molecule is CC(=O)NC1CC(OS(C)(=O)=O)C(COS(C)(=O)=O)OC1OCc1ccccc1. The normalized spacial score (nSPS) is 25.5. The van der Waals surface area contributed by atoms with Gasteiger partial charge in [-0.2, -0.15) is 16.8 Å². The third-order valence-corrected chi connectivity index (χ3v) is 5.09. The Morgan fingerprint density at radius 2 is 1.79 bits per heavy atom. The smallest absolute Gasteiger partial charge is 0.264 e. The fourth-order valence-corrected chi connectivity index (χ4v) is 3.86. The number of carbonyl (C=O) groups is 1. The van der Waals surface area contributed by atoms with E-state index >= 15 is 0 Å². The topological polar surface area (TPSA) is 134 Å². The zero-order valence-corrected chi connectivity index (χ0v) is 17.9. The van der Waals surface area contributed by atoms with Crippen LogP contribution in [0.2, 0.25) is 0 Å². The lowest BCUT2D eigenvalue weighted by molar-refractivity contribution is -0.239. The van der Waals surface area contributed by atoms with Gasteiger partial charge in [-0.3, -0.25) is 13.2 Å². The average Bonchev–Trinajstić information content (AvgIpc) is 2.58. The van der Waals surface area contributed by atoms with Gasteiger partial charge in [0.15, 0.2) is 6.29 Å². The Hall–Kier alpha value is -1.57. The summed E-state index contributed by atoms with van der Waals surface area (Å²) >= 11 is 0. The zero-order valence-electron chi connectivity index (χ0n) is 16.3. The van der Waals surface area contributed by atoms with Crippen LogP contribution in [0.5, 0.6) is 0 Å². The maximum absolute atomic E-state index is 11.6. The minimum absolute atomic E-state index is 0.0178. The van der Waals surface area contributed by atoms with E-state index in [0.717, 1.165) is 18.1 Å². The minimum atomic E-state index is -3.87. The fraction of sp³-hybridized carbons (Fsp3) is 0.588. The number of rotatable bonds is 9. The molecule has 12 heteroatoms. The molecule has 0 radical (unpaired) electrons. The summed E-state index contributed by atoms with van der Waals surface area (Å²) in [6.07, 6.45) is -1.33. The van der Waals surface area contributed by atoms with E-state index in [4.69, 9.17) is 17.8 Å². The van der Waals surface area contributed by atoms with Crippen LogP contribution < -0.4 is 5.32 Å². The van der Waals surface area contributed by atoms with Crippen molar-refractivity contribution in [3.05, 3.63) is 35.9 Å². The number of amides is 1. The van der Waals surface area contributed by atoms with Crippen LogP contribution in [0.4, 0.5) is 0 Å². The first-order valence-electron chi connectivity index (χ1n) is 8.74. The molecule has 0 aromatic heterocycles. The molecule has 1 aliphatic heterocycles. The van der Waals surface area contributed by atoms with Crippen LogP contribution in [0, 0.1) is 0 Å². The maximum atomic E-state index is 11.6. The van der Waals surface area contributed by atoms with Crippen LogP contribution in [-0.2, 0) is 49.5 Å². The van der Waals surface area contributed by atoms with E-state index in [1.54, 1.807) is 0 Å². The van der Waals surface area contributed by atoms with Crippen molar-refractivity contribution in [3.8, 4) is 0 Å². The van der Waals surface area contributed by atoms with Crippen molar-refractivity contribution >= 4 is 26.1 Å². The highest BCUT2D eigenvalue weighted by atomic mass is 32.2. The summed E-state index contributed by atoms with van der Waals surface area (Å²) in [6.45, 7) is 1.01. The molecule has 1 aliphatic rings. The van der Waals surface area contributed by atoms with Gasteiger partial charge in [0.05, 0.1) is 31.8 Å². The number of hydrogen-bond acceptors (Lipinski definition) is 9. The molecule has 1 aromatic carbocycles. The van der Waals surface area contributed by atoms with Gasteiger partial charge in [-0.05, 0) is 5.56 Å². The molecule has 1 heterocycles. The second-order valence-electron chi connectivity index (χ2n) is 6.71. The Kier molecular flexibility index (Phi) is 8.14. The van der Waals surface area contributed by atoms with Crippen LogP contribution in [0.25, 0.3) is 0 Å². The lowest BCUT2D eigenvalue weighted by Crippen LogP contribution is -2.57. The number of benzene rings is 1. The van der Waals surface area contributed by atoms with Crippen molar-refractivity contribution in [1.82, 2.24) is 5.32 Å². The molecule has 1 fully saturated rings. The molecule has 1 N–H and O–H groups in total. The first-order chi connectivity index (χ1) is 13.4. The lowest BCUT2D eigenvalue weighted by Gasteiger charge is -2.40. The van der Waals surface area contributed by atoms with Gasteiger partial charge in [0.2, 0.25) is 5.91 Å². The van der Waals surface area contributed by atoms with E-state index in [1.165, 1.54) is 6.92 Å². The summed E-state index contributed by atoms with van der Waals surface area (Å²) in [5, 5.41) is 2.65. The van der Waals surface area contributed by atoms with E-state index in [9.17, 15) is 21.6 Å². The minimum Gasteiger partial charge on any atom is -0.348 e. The van der Waals surface area contributed by atoms with Gasteiger partial charge in [-0.25, -0.2) is 0 Å². The summed E-state index contributed by atoms with van der Waals surface area (Å²) in [4.78, 5) is 11.6. The molecule has 0 bridgehead atoms. The van der Waals surface area contributed by atoms with Gasteiger partial charge >= 0.3 is 0 Å². The van der Waals surface area contributed by atoms with Crippen LogP contribution in [0.15, 0.2) is 30.3 Å². The molecule has 1 saturated heterocycles. The van der Waals surface area contributed by atoms with E-state index in [2.05, 4.69) is 5.32 Å². The predicted molar refractivity (Wildman–Crippen MR) is 103 cm³/mol.